The molecule has 1 atom stereocenters. The molecule has 5 aromatic rings. The first-order chi connectivity index (χ1) is 20.3. The van der Waals surface area contributed by atoms with Crippen LogP contribution in [0.3, 0.4) is 0 Å². The van der Waals surface area contributed by atoms with Crippen molar-refractivity contribution >= 4 is 45.1 Å². The number of rotatable bonds is 6. The number of halogens is 1. The highest BCUT2D eigenvalue weighted by Crippen LogP contribution is 2.39. The van der Waals surface area contributed by atoms with Crippen molar-refractivity contribution in [2.24, 2.45) is 0 Å². The summed E-state index contributed by atoms with van der Waals surface area (Å²) in [6.07, 6.45) is 7.12. The minimum Gasteiger partial charge on any atom is -0.382 e. The van der Waals surface area contributed by atoms with Crippen LogP contribution in [0.1, 0.15) is 50.5 Å². The average Bonchev–Trinajstić information content (AvgIpc) is 3.39. The number of carbonyl (C=O) groups excluding carboxylic acids is 1. The van der Waals surface area contributed by atoms with Gasteiger partial charge in [-0.1, -0.05) is 56.3 Å². The third-order valence-electron chi connectivity index (χ3n) is 7.89. The monoisotopic (exact) mass is 563 g/mol. The summed E-state index contributed by atoms with van der Waals surface area (Å²) in [5.41, 5.74) is 12.3. The summed E-state index contributed by atoms with van der Waals surface area (Å²) in [7, 11) is 2.01. The molecule has 8 nitrogen and oxygen atoms in total. The van der Waals surface area contributed by atoms with Crippen LogP contribution in [0, 0.1) is 5.82 Å². The lowest BCUT2D eigenvalue weighted by atomic mass is 9.93. The first kappa shape index (κ1) is 27.4. The molecule has 0 fully saturated rings. The molecule has 2 heterocycles. The number of anilines is 3. The third kappa shape index (κ3) is 5.07. The molecule has 214 valence electrons. The van der Waals surface area contributed by atoms with E-state index in [1.165, 1.54) is 17.7 Å². The molecule has 1 unspecified atom stereocenters. The number of fused-ring (bicyclic) bond motifs is 2. The van der Waals surface area contributed by atoms with Gasteiger partial charge in [0.15, 0.2) is 0 Å². The second-order valence-corrected chi connectivity index (χ2v) is 11.0. The van der Waals surface area contributed by atoms with Crippen molar-refractivity contribution in [3.63, 3.8) is 0 Å². The van der Waals surface area contributed by atoms with Crippen LogP contribution < -0.4 is 21.7 Å². The summed E-state index contributed by atoms with van der Waals surface area (Å²) < 4.78 is 15.8. The Morgan fingerprint density at radius 3 is 2.60 bits per heavy atom. The predicted octanol–water partition coefficient (Wildman–Crippen LogP) is 7.19. The van der Waals surface area contributed by atoms with Crippen LogP contribution in [0.5, 0.6) is 0 Å². The quantitative estimate of drug-likeness (QED) is 0.175. The van der Waals surface area contributed by atoms with Gasteiger partial charge in [-0.2, -0.15) is 0 Å². The van der Waals surface area contributed by atoms with Gasteiger partial charge in [0.05, 0.1) is 17.6 Å². The summed E-state index contributed by atoms with van der Waals surface area (Å²) in [6, 6.07) is 17.5. The second-order valence-electron chi connectivity index (χ2n) is 11.0. The molecule has 2 aromatic heterocycles. The van der Waals surface area contributed by atoms with E-state index in [4.69, 9.17) is 10.7 Å². The third-order valence-corrected chi connectivity index (χ3v) is 7.89. The molecule has 0 radical (unpaired) electrons. The zero-order chi connectivity index (χ0) is 29.4. The van der Waals surface area contributed by atoms with Crippen molar-refractivity contribution in [3.8, 4) is 11.3 Å². The van der Waals surface area contributed by atoms with Crippen molar-refractivity contribution in [2.45, 2.75) is 45.1 Å². The zero-order valence-corrected chi connectivity index (χ0v) is 23.9. The fourth-order valence-electron chi connectivity index (χ4n) is 5.76. The molecule has 9 heteroatoms. The lowest BCUT2D eigenvalue weighted by Crippen LogP contribution is -2.26. The van der Waals surface area contributed by atoms with Crippen LogP contribution in [0.2, 0.25) is 0 Å². The normalized spacial score (nSPS) is 15.3. The fraction of sp³-hybridized carbons (Fsp3) is 0.242. The van der Waals surface area contributed by atoms with Crippen molar-refractivity contribution < 1.29 is 9.18 Å². The van der Waals surface area contributed by atoms with Gasteiger partial charge < -0.3 is 21.7 Å². The van der Waals surface area contributed by atoms with Gasteiger partial charge in [0.1, 0.15) is 28.7 Å². The number of hydrogen-bond donors (Lipinski definition) is 4. The van der Waals surface area contributed by atoms with Gasteiger partial charge in [-0.15, -0.1) is 0 Å². The Bertz CT molecular complexity index is 1840. The van der Waals surface area contributed by atoms with Gasteiger partial charge in [-0.3, -0.25) is 4.40 Å². The largest absolute Gasteiger partial charge is 0.382 e. The molecule has 0 saturated carbocycles. The number of nitrogens with two attached hydrogens (primary N) is 1. The molecule has 1 aliphatic carbocycles. The molecule has 0 bridgehead atoms. The van der Waals surface area contributed by atoms with E-state index in [0.29, 0.717) is 23.2 Å². The van der Waals surface area contributed by atoms with E-state index in [9.17, 15) is 9.18 Å². The number of carbonyl (C=O) groups is 1. The first-order valence-electron chi connectivity index (χ1n) is 14.2. The Morgan fingerprint density at radius 1 is 1.07 bits per heavy atom. The summed E-state index contributed by atoms with van der Waals surface area (Å²) >= 11 is 0. The van der Waals surface area contributed by atoms with Gasteiger partial charge in [0.2, 0.25) is 0 Å². The van der Waals surface area contributed by atoms with E-state index in [-0.39, 0.29) is 5.92 Å². The van der Waals surface area contributed by atoms with Crippen LogP contribution in [-0.4, -0.2) is 33.5 Å². The molecule has 0 saturated heterocycles. The SMILES string of the molecule is CNC1CC=C(c2cnc(N)c3c(-c4ccc(NC(=O)Nc5cccc(F)c5)c5ccccc45)nc(C(C)C)n23)CC1. The summed E-state index contributed by atoms with van der Waals surface area (Å²) in [6.45, 7) is 4.27. The number of imidazole rings is 1. The van der Waals surface area contributed by atoms with E-state index >= 15 is 0 Å². The topological polar surface area (TPSA) is 109 Å². The molecule has 42 heavy (non-hydrogen) atoms. The standard InChI is InChI=1S/C33H34FN7O/c1-19(2)32-40-29(30-31(35)37-18-28(41(30)32)20-11-13-22(36-3)14-12-20)26-15-16-27(25-10-5-4-9-24(25)26)39-33(42)38-23-8-6-7-21(34)17-23/h4-11,15-19,22,36H,12-14H2,1-3H3,(H2,35,37)(H2,38,39,42). The van der Waals surface area contributed by atoms with E-state index < -0.39 is 11.8 Å². The highest BCUT2D eigenvalue weighted by molar-refractivity contribution is 6.11. The maximum absolute atomic E-state index is 13.6. The second kappa shape index (κ2) is 11.3. The summed E-state index contributed by atoms with van der Waals surface area (Å²) in [5, 5.41) is 10.7. The smallest absolute Gasteiger partial charge is 0.323 e. The van der Waals surface area contributed by atoms with Crippen molar-refractivity contribution in [1.29, 1.82) is 0 Å². The zero-order valence-electron chi connectivity index (χ0n) is 23.9. The van der Waals surface area contributed by atoms with Crippen LogP contribution >= 0.6 is 0 Å². The molecular formula is C33H34FN7O. The number of benzene rings is 3. The molecule has 5 N–H and O–H groups in total. The molecule has 0 aliphatic heterocycles. The number of amides is 2. The maximum Gasteiger partial charge on any atom is 0.323 e. The van der Waals surface area contributed by atoms with E-state index in [1.807, 2.05) is 49.6 Å². The summed E-state index contributed by atoms with van der Waals surface area (Å²) in [5.74, 6) is 1.05. The Labute approximate surface area is 243 Å². The van der Waals surface area contributed by atoms with Crippen LogP contribution in [-0.2, 0) is 0 Å². The fourth-order valence-corrected chi connectivity index (χ4v) is 5.76. The summed E-state index contributed by atoms with van der Waals surface area (Å²) in [4.78, 5) is 22.6. The Balaban J connectivity index is 1.45. The molecule has 2 amide bonds. The van der Waals surface area contributed by atoms with E-state index in [0.717, 1.165) is 58.3 Å². The maximum atomic E-state index is 13.6. The Kier molecular flexibility index (Phi) is 7.34. The van der Waals surface area contributed by atoms with E-state index in [2.05, 4.69) is 45.3 Å². The lowest BCUT2D eigenvalue weighted by molar-refractivity contribution is 0.262. The van der Waals surface area contributed by atoms with Crippen molar-refractivity contribution in [1.82, 2.24) is 19.7 Å². The Hall–Kier alpha value is -4.76. The van der Waals surface area contributed by atoms with Gasteiger partial charge in [-0.05, 0) is 61.5 Å². The minimum absolute atomic E-state index is 0.139. The van der Waals surface area contributed by atoms with Gasteiger partial charge >= 0.3 is 6.03 Å². The highest BCUT2D eigenvalue weighted by atomic mass is 19.1. The number of nitrogen functional groups attached to an aromatic ring is 1. The van der Waals surface area contributed by atoms with E-state index in [1.54, 1.807) is 12.1 Å². The van der Waals surface area contributed by atoms with Crippen molar-refractivity contribution in [3.05, 3.63) is 90.3 Å². The number of hydrogen-bond acceptors (Lipinski definition) is 5. The van der Waals surface area contributed by atoms with Crippen LogP contribution in [0.4, 0.5) is 26.4 Å². The van der Waals surface area contributed by atoms with Gasteiger partial charge in [0.25, 0.3) is 0 Å². The first-order valence-corrected chi connectivity index (χ1v) is 14.2. The number of urea groups is 1. The molecule has 0 spiro atoms. The molecule has 6 rings (SSSR count). The average molecular weight is 564 g/mol. The van der Waals surface area contributed by atoms with Crippen molar-refractivity contribution in [2.75, 3.05) is 23.4 Å². The number of nitrogens with zero attached hydrogens (tertiary/aromatic N) is 3. The molecule has 1 aliphatic rings. The van der Waals surface area contributed by atoms with Gasteiger partial charge in [-0.25, -0.2) is 19.2 Å². The molecular weight excluding hydrogens is 529 g/mol. The minimum atomic E-state index is -0.465. The number of nitrogens with one attached hydrogen (secondary N) is 3. The number of allylic oxidation sites excluding steroid dienone is 1. The number of aromatic nitrogens is 3. The molecule has 3 aromatic carbocycles. The van der Waals surface area contributed by atoms with Gasteiger partial charge in [0, 0.05) is 28.6 Å². The lowest BCUT2D eigenvalue weighted by Gasteiger charge is -2.22. The van der Waals surface area contributed by atoms with Crippen LogP contribution in [0.15, 0.2) is 72.9 Å². The van der Waals surface area contributed by atoms with Crippen LogP contribution in [0.25, 0.3) is 33.1 Å². The highest BCUT2D eigenvalue weighted by Gasteiger charge is 2.25. The Morgan fingerprint density at radius 2 is 1.88 bits per heavy atom. The predicted molar refractivity (Wildman–Crippen MR) is 168 cm³/mol.